The van der Waals surface area contributed by atoms with Crippen LogP contribution >= 0.6 is 25.5 Å². The minimum atomic E-state index is -2.82. The molecule has 9 heteroatoms. The quantitative estimate of drug-likeness (QED) is 0.513. The van der Waals surface area contributed by atoms with Crippen molar-refractivity contribution in [3.8, 4) is 0 Å². The zero-order valence-corrected chi connectivity index (χ0v) is 8.22. The van der Waals surface area contributed by atoms with Crippen LogP contribution in [0.3, 0.4) is 0 Å². The first-order valence-corrected chi connectivity index (χ1v) is 5.48. The molecule has 2 unspecified atom stereocenters. The Morgan fingerprint density at radius 1 is 1.11 bits per heavy atom. The predicted molar refractivity (Wildman–Crippen MR) is 22.8 cm³/mol. The number of hydrogen-bond acceptors (Lipinski definition) is 5. The fourth-order valence-electron chi connectivity index (χ4n) is 0.0544. The van der Waals surface area contributed by atoms with Crippen LogP contribution in [0.4, 0.5) is 0 Å². The third kappa shape index (κ3) is 17.7. The Hall–Kier alpha value is 1.47. The normalized spacial score (nSPS) is 10.4. The molecule has 0 aromatic heterocycles. The van der Waals surface area contributed by atoms with E-state index in [0.29, 0.717) is 0 Å². The van der Waals surface area contributed by atoms with Crippen LogP contribution in [0.2, 0.25) is 0 Å². The van der Waals surface area contributed by atoms with E-state index in [9.17, 15) is 18.9 Å². The fourth-order valence-corrected chi connectivity index (χ4v) is 1.47. The van der Waals surface area contributed by atoms with Crippen LogP contribution in [0.15, 0.2) is 0 Å². The summed E-state index contributed by atoms with van der Waals surface area (Å²) in [5, 5.41) is 0. The van der Waals surface area contributed by atoms with Crippen molar-refractivity contribution in [2.75, 3.05) is 0 Å². The fraction of sp³-hybridized carbons (Fsp3) is 0. The summed E-state index contributed by atoms with van der Waals surface area (Å²) in [5.74, 6) is 0. The summed E-state index contributed by atoms with van der Waals surface area (Å²) in [6.45, 7) is 0. The summed E-state index contributed by atoms with van der Waals surface area (Å²) >= 11 is -0.0833. The molecule has 0 aliphatic heterocycles. The van der Waals surface area contributed by atoms with E-state index in [-0.39, 0.29) is 44.3 Å². The van der Waals surface area contributed by atoms with Gasteiger partial charge in [-0.15, -0.1) is 0 Å². The largest absolute Gasteiger partial charge is 0.581 e. The molecule has 0 aromatic carbocycles. The zero-order valence-electron chi connectivity index (χ0n) is 3.59. The van der Waals surface area contributed by atoms with Crippen molar-refractivity contribution in [1.82, 2.24) is 0 Å². The van der Waals surface area contributed by atoms with Crippen LogP contribution in [0.25, 0.3) is 0 Å². The molecule has 0 heterocycles. The zero-order chi connectivity index (χ0) is 5.86. The van der Waals surface area contributed by atoms with Crippen LogP contribution < -0.4 is 9.79 Å². The Kier molecular flexibility index (Phi) is 17.7. The minimum Gasteiger partial charge on any atom is -0.581 e. The molecule has 0 N–H and O–H groups in total. The monoisotopic (exact) mass is 275 g/mol. The molecule has 4 nitrogen and oxygen atoms in total. The maximum Gasteiger partial charge on any atom is 0.438 e. The summed E-state index contributed by atoms with van der Waals surface area (Å²) in [5.41, 5.74) is 0. The first-order chi connectivity index (χ1) is 3.13. The van der Waals surface area contributed by atoms with Gasteiger partial charge in [0.25, 0.3) is 0 Å². The average Bonchev–Trinajstić information content (AvgIpc) is 1.27. The van der Waals surface area contributed by atoms with Gasteiger partial charge < -0.3 is 9.79 Å². The molecule has 59 valence electrons. The molecular weight excluding hydrogens is 276 g/mol. The van der Waals surface area contributed by atoms with Gasteiger partial charge in [0.1, 0.15) is 0 Å². The van der Waals surface area contributed by atoms with E-state index in [0.717, 1.165) is 0 Å². The van der Waals surface area contributed by atoms with Gasteiger partial charge in [0.15, 0.2) is 0 Å². The molecule has 9 heavy (non-hydrogen) atoms. The van der Waals surface area contributed by atoms with Gasteiger partial charge in [0, 0.05) is 33.3 Å². The summed E-state index contributed by atoms with van der Waals surface area (Å²) in [4.78, 5) is 18.9. The van der Waals surface area contributed by atoms with Crippen LogP contribution in [0, 0.1) is 0 Å². The van der Waals surface area contributed by atoms with Crippen molar-refractivity contribution in [2.45, 2.75) is 0 Å². The van der Waals surface area contributed by atoms with Gasteiger partial charge in [-0.1, -0.05) is 9.13 Å². The molecule has 0 aliphatic carbocycles. The standard InChI is InChI=1S/Co.Ni.O4P2S/c;;1-5(2)7-6(3)4. The Bertz CT molecular complexity index is 94.7. The van der Waals surface area contributed by atoms with Crippen molar-refractivity contribution in [1.29, 1.82) is 0 Å². The van der Waals surface area contributed by atoms with Gasteiger partial charge in [0.05, 0.1) is 0 Å². The number of rotatable bonds is 2. The summed E-state index contributed by atoms with van der Waals surface area (Å²) in [7, 11) is -5.64. The third-order valence-corrected chi connectivity index (χ3v) is 3.60. The van der Waals surface area contributed by atoms with E-state index in [1.54, 1.807) is 0 Å². The molecule has 0 amide bonds. The van der Waals surface area contributed by atoms with Crippen molar-refractivity contribution in [3.63, 3.8) is 0 Å². The molecule has 0 aliphatic rings. The van der Waals surface area contributed by atoms with Gasteiger partial charge in [-0.3, -0.25) is 0 Å². The summed E-state index contributed by atoms with van der Waals surface area (Å²) in [6.07, 6.45) is 0. The molecule has 0 aromatic rings. The second-order valence-electron chi connectivity index (χ2n) is 0.529. The van der Waals surface area contributed by atoms with Gasteiger partial charge in [0.2, 0.25) is 0 Å². The second-order valence-corrected chi connectivity index (χ2v) is 5.34. The van der Waals surface area contributed by atoms with Crippen molar-refractivity contribution >= 4 is 25.5 Å². The molecule has 0 rings (SSSR count). The van der Waals surface area contributed by atoms with Crippen molar-refractivity contribution in [2.24, 2.45) is 0 Å². The Morgan fingerprint density at radius 3 is 1.33 bits per heavy atom. The maximum atomic E-state index is 9.43. The van der Waals surface area contributed by atoms with E-state index in [2.05, 4.69) is 0 Å². The molecule has 0 bridgehead atoms. The van der Waals surface area contributed by atoms with Crippen LogP contribution in [-0.4, -0.2) is 0 Å². The first kappa shape index (κ1) is 16.8. The molecule has 0 fully saturated rings. The van der Waals surface area contributed by atoms with Crippen LogP contribution in [0.5, 0.6) is 0 Å². The van der Waals surface area contributed by atoms with E-state index in [1.807, 2.05) is 0 Å². The Morgan fingerprint density at radius 2 is 1.33 bits per heavy atom. The summed E-state index contributed by atoms with van der Waals surface area (Å²) in [6, 6.07) is 0. The van der Waals surface area contributed by atoms with E-state index >= 15 is 0 Å². The van der Waals surface area contributed by atoms with Crippen molar-refractivity contribution in [3.05, 3.63) is 0 Å². The Balaban J connectivity index is -0.000000180. The van der Waals surface area contributed by atoms with E-state index in [4.69, 9.17) is 0 Å². The maximum absolute atomic E-state index is 9.43. The first-order valence-electron chi connectivity index (χ1n) is 1.10. The van der Waals surface area contributed by atoms with Crippen molar-refractivity contribution < 1.29 is 52.2 Å². The second kappa shape index (κ2) is 9.47. The molecular formula is CoNiO4P2S. The summed E-state index contributed by atoms with van der Waals surface area (Å²) < 4.78 is 18.9. The van der Waals surface area contributed by atoms with Gasteiger partial charge in [-0.25, -0.2) is 0 Å². The van der Waals surface area contributed by atoms with E-state index < -0.39 is 14.5 Å². The molecule has 0 saturated carbocycles. The Labute approximate surface area is 77.5 Å². The molecule has 0 saturated heterocycles. The van der Waals surface area contributed by atoms with Crippen LogP contribution in [-0.2, 0) is 42.4 Å². The third-order valence-electron chi connectivity index (χ3n) is 0.133. The van der Waals surface area contributed by atoms with Gasteiger partial charge in [-0.05, 0) is 0 Å². The average molecular weight is 276 g/mol. The minimum absolute atomic E-state index is 0. The number of hydrogen-bond donors (Lipinski definition) is 0. The molecule has 0 spiro atoms. The van der Waals surface area contributed by atoms with E-state index in [1.165, 1.54) is 0 Å². The molecule has 2 atom stereocenters. The SMILES string of the molecule is O=[P+]([O-])S[P+](=O)[O-].[Co].[Ni]. The van der Waals surface area contributed by atoms with Crippen LogP contribution in [0.1, 0.15) is 0 Å². The van der Waals surface area contributed by atoms with Gasteiger partial charge >= 0.3 is 25.5 Å². The predicted octanol–water partition coefficient (Wildman–Crippen LogP) is -0.250. The smallest absolute Gasteiger partial charge is 0.438 e. The molecule has 1 radical (unpaired) electrons. The van der Waals surface area contributed by atoms with Gasteiger partial charge in [-0.2, -0.15) is 0 Å². The topological polar surface area (TPSA) is 80.3 Å².